The summed E-state index contributed by atoms with van der Waals surface area (Å²) < 4.78 is 11.1. The molecular weight excluding hydrogens is 218 g/mol. The Hall–Kier alpha value is -1.97. The van der Waals surface area contributed by atoms with E-state index in [-0.39, 0.29) is 5.91 Å². The third kappa shape index (κ3) is 2.41. The molecule has 4 heteroatoms. The van der Waals surface area contributed by atoms with E-state index < -0.39 is 5.79 Å². The highest BCUT2D eigenvalue weighted by Crippen LogP contribution is 2.40. The lowest BCUT2D eigenvalue weighted by Gasteiger charge is -2.16. The molecule has 0 fully saturated rings. The minimum Gasteiger partial charge on any atom is -0.449 e. The third-order valence-electron chi connectivity index (χ3n) is 2.30. The van der Waals surface area contributed by atoms with Crippen LogP contribution < -0.4 is 14.8 Å². The van der Waals surface area contributed by atoms with Crippen molar-refractivity contribution in [1.29, 1.82) is 0 Å². The number of ether oxygens (including phenoxy) is 2. The maximum absolute atomic E-state index is 11.5. The molecule has 90 valence electrons. The predicted molar refractivity (Wildman–Crippen MR) is 65.2 cm³/mol. The van der Waals surface area contributed by atoms with Crippen LogP contribution >= 0.6 is 0 Å². The number of benzene rings is 1. The normalized spacial score (nSPS) is 15.5. The first kappa shape index (κ1) is 11.5. The SMILES string of the molecule is C=C(C)C(=O)Nc1ccc2c(c1)OC(C)(C)O2. The Morgan fingerprint density at radius 3 is 2.59 bits per heavy atom. The van der Waals surface area contributed by atoms with Gasteiger partial charge in [0.25, 0.3) is 5.91 Å². The fourth-order valence-electron chi connectivity index (χ4n) is 1.54. The summed E-state index contributed by atoms with van der Waals surface area (Å²) in [6, 6.07) is 5.29. The van der Waals surface area contributed by atoms with Gasteiger partial charge in [-0.1, -0.05) is 6.58 Å². The minimum atomic E-state index is -0.653. The van der Waals surface area contributed by atoms with Crippen molar-refractivity contribution in [3.63, 3.8) is 0 Å². The lowest BCUT2D eigenvalue weighted by molar-refractivity contribution is -0.112. The van der Waals surface area contributed by atoms with Crippen molar-refractivity contribution in [3.8, 4) is 11.5 Å². The molecule has 0 aromatic heterocycles. The zero-order valence-corrected chi connectivity index (χ0v) is 10.2. The summed E-state index contributed by atoms with van der Waals surface area (Å²) in [5, 5.41) is 2.72. The van der Waals surface area contributed by atoms with Gasteiger partial charge in [-0.3, -0.25) is 4.79 Å². The quantitative estimate of drug-likeness (QED) is 0.799. The van der Waals surface area contributed by atoms with E-state index in [0.717, 1.165) is 0 Å². The standard InChI is InChI=1S/C13H15NO3/c1-8(2)12(15)14-9-5-6-10-11(7-9)17-13(3,4)16-10/h5-7H,1H2,2-4H3,(H,14,15). The third-order valence-corrected chi connectivity index (χ3v) is 2.30. The summed E-state index contributed by atoms with van der Waals surface area (Å²) in [5.41, 5.74) is 1.13. The van der Waals surface area contributed by atoms with Crippen molar-refractivity contribution in [2.45, 2.75) is 26.6 Å². The highest BCUT2D eigenvalue weighted by molar-refractivity contribution is 6.02. The first-order valence-corrected chi connectivity index (χ1v) is 5.36. The second kappa shape index (κ2) is 3.80. The number of rotatable bonds is 2. The Morgan fingerprint density at radius 2 is 1.94 bits per heavy atom. The van der Waals surface area contributed by atoms with Gasteiger partial charge in [0, 0.05) is 31.2 Å². The molecule has 0 saturated carbocycles. The number of amides is 1. The van der Waals surface area contributed by atoms with Gasteiger partial charge >= 0.3 is 0 Å². The van der Waals surface area contributed by atoms with Crippen LogP contribution in [0.5, 0.6) is 11.5 Å². The van der Waals surface area contributed by atoms with Gasteiger partial charge in [0.2, 0.25) is 5.79 Å². The van der Waals surface area contributed by atoms with Crippen LogP contribution in [0.4, 0.5) is 5.69 Å². The Morgan fingerprint density at radius 1 is 1.29 bits per heavy atom. The van der Waals surface area contributed by atoms with Crippen molar-refractivity contribution in [2.24, 2.45) is 0 Å². The Labute approximate surface area is 100 Å². The second-order valence-corrected chi connectivity index (χ2v) is 4.50. The van der Waals surface area contributed by atoms with Crippen LogP contribution in [-0.2, 0) is 4.79 Å². The Balaban J connectivity index is 2.19. The molecule has 0 atom stereocenters. The molecule has 1 amide bonds. The predicted octanol–water partition coefficient (Wildman–Crippen LogP) is 2.71. The molecule has 0 unspecified atom stereocenters. The molecule has 0 saturated heterocycles. The molecule has 1 heterocycles. The summed E-state index contributed by atoms with van der Waals surface area (Å²) >= 11 is 0. The first-order valence-electron chi connectivity index (χ1n) is 5.36. The topological polar surface area (TPSA) is 47.6 Å². The number of hydrogen-bond donors (Lipinski definition) is 1. The van der Waals surface area contributed by atoms with Gasteiger partial charge in [0.15, 0.2) is 11.5 Å². The van der Waals surface area contributed by atoms with Crippen molar-refractivity contribution in [2.75, 3.05) is 5.32 Å². The van der Waals surface area contributed by atoms with Gasteiger partial charge in [-0.2, -0.15) is 0 Å². The summed E-state index contributed by atoms with van der Waals surface area (Å²) in [7, 11) is 0. The van der Waals surface area contributed by atoms with Crippen LogP contribution in [0.3, 0.4) is 0 Å². The molecule has 1 aromatic rings. The van der Waals surface area contributed by atoms with Crippen LogP contribution in [-0.4, -0.2) is 11.7 Å². The highest BCUT2D eigenvalue weighted by Gasteiger charge is 2.31. The Bertz CT molecular complexity index is 491. The van der Waals surface area contributed by atoms with Crippen molar-refractivity contribution >= 4 is 11.6 Å². The summed E-state index contributed by atoms with van der Waals surface area (Å²) in [4.78, 5) is 11.5. The molecule has 2 rings (SSSR count). The fourth-order valence-corrected chi connectivity index (χ4v) is 1.54. The largest absolute Gasteiger partial charge is 0.449 e. The van der Waals surface area contributed by atoms with Crippen molar-refractivity contribution < 1.29 is 14.3 Å². The van der Waals surface area contributed by atoms with Gasteiger partial charge in [-0.25, -0.2) is 0 Å². The molecule has 1 aromatic carbocycles. The summed E-state index contributed by atoms with van der Waals surface area (Å²) in [6.45, 7) is 8.90. The highest BCUT2D eigenvalue weighted by atomic mass is 16.7. The van der Waals surface area contributed by atoms with Gasteiger partial charge in [-0.05, 0) is 19.1 Å². The molecule has 0 spiro atoms. The maximum Gasteiger partial charge on any atom is 0.250 e. The minimum absolute atomic E-state index is 0.205. The lowest BCUT2D eigenvalue weighted by Crippen LogP contribution is -2.29. The zero-order valence-electron chi connectivity index (χ0n) is 10.2. The molecule has 1 aliphatic heterocycles. The van der Waals surface area contributed by atoms with Gasteiger partial charge in [0.05, 0.1) is 0 Å². The summed E-state index contributed by atoms with van der Waals surface area (Å²) in [5.74, 6) is 0.459. The number of carbonyl (C=O) groups is 1. The van der Waals surface area contributed by atoms with E-state index >= 15 is 0 Å². The van der Waals surface area contributed by atoms with E-state index in [0.29, 0.717) is 22.8 Å². The number of anilines is 1. The van der Waals surface area contributed by atoms with Crippen molar-refractivity contribution in [1.82, 2.24) is 0 Å². The van der Waals surface area contributed by atoms with E-state index in [9.17, 15) is 4.79 Å². The van der Waals surface area contributed by atoms with Crippen LogP contribution in [0.1, 0.15) is 20.8 Å². The monoisotopic (exact) mass is 233 g/mol. The van der Waals surface area contributed by atoms with Crippen LogP contribution in [0.2, 0.25) is 0 Å². The second-order valence-electron chi connectivity index (χ2n) is 4.50. The van der Waals surface area contributed by atoms with Gasteiger partial charge in [-0.15, -0.1) is 0 Å². The maximum atomic E-state index is 11.5. The molecule has 0 bridgehead atoms. The molecular formula is C13H15NO3. The Kier molecular flexibility index (Phi) is 2.58. The van der Waals surface area contributed by atoms with Gasteiger partial charge < -0.3 is 14.8 Å². The average molecular weight is 233 g/mol. The molecule has 1 N–H and O–H groups in total. The molecule has 0 radical (unpaired) electrons. The lowest BCUT2D eigenvalue weighted by atomic mass is 10.2. The molecule has 17 heavy (non-hydrogen) atoms. The first-order chi connectivity index (χ1) is 7.87. The number of fused-ring (bicyclic) bond motifs is 1. The molecule has 4 nitrogen and oxygen atoms in total. The van der Waals surface area contributed by atoms with Crippen molar-refractivity contribution in [3.05, 3.63) is 30.4 Å². The molecule has 0 aliphatic carbocycles. The zero-order chi connectivity index (χ0) is 12.6. The average Bonchev–Trinajstić information content (AvgIpc) is 2.50. The van der Waals surface area contributed by atoms with Crippen LogP contribution in [0.25, 0.3) is 0 Å². The number of hydrogen-bond acceptors (Lipinski definition) is 3. The van der Waals surface area contributed by atoms with Crippen LogP contribution in [0, 0.1) is 0 Å². The van der Waals surface area contributed by atoms with E-state index in [4.69, 9.17) is 9.47 Å². The summed E-state index contributed by atoms with van der Waals surface area (Å²) in [6.07, 6.45) is 0. The number of nitrogens with one attached hydrogen (secondary N) is 1. The van der Waals surface area contributed by atoms with E-state index in [1.807, 2.05) is 13.8 Å². The smallest absolute Gasteiger partial charge is 0.250 e. The van der Waals surface area contributed by atoms with E-state index in [1.54, 1.807) is 25.1 Å². The van der Waals surface area contributed by atoms with E-state index in [1.165, 1.54) is 0 Å². The molecule has 1 aliphatic rings. The van der Waals surface area contributed by atoms with Gasteiger partial charge in [0.1, 0.15) is 0 Å². The van der Waals surface area contributed by atoms with Crippen LogP contribution in [0.15, 0.2) is 30.4 Å². The van der Waals surface area contributed by atoms with E-state index in [2.05, 4.69) is 11.9 Å². The fraction of sp³-hybridized carbons (Fsp3) is 0.308. The number of carbonyl (C=O) groups excluding carboxylic acids is 1.